The molecule has 0 aromatic heterocycles. The molecular formula is C12H14ClFN2. The van der Waals surface area contributed by atoms with Crippen LogP contribution in [0.1, 0.15) is 18.9 Å². The van der Waals surface area contributed by atoms with E-state index in [2.05, 4.69) is 6.07 Å². The van der Waals surface area contributed by atoms with E-state index in [-0.39, 0.29) is 5.82 Å². The maximum atomic E-state index is 13.5. The summed E-state index contributed by atoms with van der Waals surface area (Å²) in [5.41, 5.74) is 0.615. The molecule has 0 fully saturated rings. The predicted molar refractivity (Wildman–Crippen MR) is 62.6 cm³/mol. The quantitative estimate of drug-likeness (QED) is 0.790. The SMILES string of the molecule is CCN(CCC#N)Cc1ccc(Cl)cc1F. The Hall–Kier alpha value is -1.11. The lowest BCUT2D eigenvalue weighted by molar-refractivity contribution is 0.282. The lowest BCUT2D eigenvalue weighted by atomic mass is 10.2. The summed E-state index contributed by atoms with van der Waals surface area (Å²) in [4.78, 5) is 2.02. The number of nitrogens with zero attached hydrogens (tertiary/aromatic N) is 2. The minimum absolute atomic E-state index is 0.289. The van der Waals surface area contributed by atoms with Crippen LogP contribution in [0.2, 0.25) is 5.02 Å². The van der Waals surface area contributed by atoms with E-state index in [1.54, 1.807) is 12.1 Å². The van der Waals surface area contributed by atoms with Gasteiger partial charge in [-0.25, -0.2) is 4.39 Å². The van der Waals surface area contributed by atoms with Crippen LogP contribution >= 0.6 is 11.6 Å². The van der Waals surface area contributed by atoms with E-state index < -0.39 is 0 Å². The van der Waals surface area contributed by atoms with E-state index in [1.165, 1.54) is 6.07 Å². The van der Waals surface area contributed by atoms with Crippen molar-refractivity contribution in [1.82, 2.24) is 4.90 Å². The van der Waals surface area contributed by atoms with Gasteiger partial charge in [-0.1, -0.05) is 24.6 Å². The van der Waals surface area contributed by atoms with Gasteiger partial charge in [-0.2, -0.15) is 5.26 Å². The van der Waals surface area contributed by atoms with Crippen LogP contribution in [0.15, 0.2) is 18.2 Å². The van der Waals surface area contributed by atoms with Crippen molar-refractivity contribution in [3.8, 4) is 6.07 Å². The summed E-state index contributed by atoms with van der Waals surface area (Å²) >= 11 is 5.67. The van der Waals surface area contributed by atoms with Crippen molar-refractivity contribution in [2.45, 2.75) is 19.9 Å². The Morgan fingerprint density at radius 1 is 1.50 bits per heavy atom. The van der Waals surface area contributed by atoms with Gasteiger partial charge in [-0.3, -0.25) is 4.90 Å². The van der Waals surface area contributed by atoms with Crippen LogP contribution in [0.5, 0.6) is 0 Å². The number of halogens is 2. The van der Waals surface area contributed by atoms with Gasteiger partial charge in [0.1, 0.15) is 5.82 Å². The second kappa shape index (κ2) is 6.47. The van der Waals surface area contributed by atoms with Crippen molar-refractivity contribution < 1.29 is 4.39 Å². The molecule has 0 spiro atoms. The number of nitriles is 1. The first kappa shape index (κ1) is 13.0. The van der Waals surface area contributed by atoms with Crippen molar-refractivity contribution >= 4 is 11.6 Å². The normalized spacial score (nSPS) is 10.4. The predicted octanol–water partition coefficient (Wildman–Crippen LogP) is 3.21. The first-order chi connectivity index (χ1) is 7.67. The second-order valence-electron chi connectivity index (χ2n) is 3.51. The lowest BCUT2D eigenvalue weighted by Gasteiger charge is -2.19. The van der Waals surface area contributed by atoms with Crippen LogP contribution < -0.4 is 0 Å². The number of hydrogen-bond acceptors (Lipinski definition) is 2. The third-order valence-corrected chi connectivity index (χ3v) is 2.63. The number of hydrogen-bond donors (Lipinski definition) is 0. The van der Waals surface area contributed by atoms with Crippen LogP contribution in [0.25, 0.3) is 0 Å². The molecular weight excluding hydrogens is 227 g/mol. The van der Waals surface area contributed by atoms with E-state index >= 15 is 0 Å². The van der Waals surface area contributed by atoms with Gasteiger partial charge in [0.2, 0.25) is 0 Å². The summed E-state index contributed by atoms with van der Waals surface area (Å²) in [6.07, 6.45) is 0.461. The highest BCUT2D eigenvalue weighted by molar-refractivity contribution is 6.30. The van der Waals surface area contributed by atoms with Crippen molar-refractivity contribution in [2.24, 2.45) is 0 Å². The topological polar surface area (TPSA) is 27.0 Å². The van der Waals surface area contributed by atoms with Crippen molar-refractivity contribution in [2.75, 3.05) is 13.1 Å². The monoisotopic (exact) mass is 240 g/mol. The van der Waals surface area contributed by atoms with Crippen molar-refractivity contribution in [1.29, 1.82) is 5.26 Å². The molecule has 86 valence electrons. The first-order valence-corrected chi connectivity index (χ1v) is 5.58. The Bertz CT molecular complexity index is 387. The van der Waals surface area contributed by atoms with Crippen LogP contribution in [0, 0.1) is 17.1 Å². The maximum absolute atomic E-state index is 13.5. The summed E-state index contributed by atoms with van der Waals surface area (Å²) < 4.78 is 13.5. The average Bonchev–Trinajstić information content (AvgIpc) is 2.27. The molecule has 0 amide bonds. The molecule has 1 aromatic rings. The molecule has 0 heterocycles. The van der Waals surface area contributed by atoms with Gasteiger partial charge in [-0.05, 0) is 18.7 Å². The summed E-state index contributed by atoms with van der Waals surface area (Å²) in [5.74, 6) is -0.289. The van der Waals surface area contributed by atoms with Gasteiger partial charge < -0.3 is 0 Å². The average molecular weight is 241 g/mol. The summed E-state index contributed by atoms with van der Waals surface area (Å²) in [5, 5.41) is 8.90. The van der Waals surface area contributed by atoms with Gasteiger partial charge in [0, 0.05) is 30.1 Å². The number of benzene rings is 1. The van der Waals surface area contributed by atoms with Crippen LogP contribution in [-0.2, 0) is 6.54 Å². The van der Waals surface area contributed by atoms with Crippen LogP contribution in [0.4, 0.5) is 4.39 Å². The molecule has 0 saturated carbocycles. The molecule has 0 N–H and O–H groups in total. The molecule has 4 heteroatoms. The highest BCUT2D eigenvalue weighted by atomic mass is 35.5. The molecule has 2 nitrogen and oxygen atoms in total. The Morgan fingerprint density at radius 3 is 2.81 bits per heavy atom. The standard InChI is InChI=1S/C12H14ClFN2/c1-2-16(7-3-6-15)9-10-4-5-11(13)8-12(10)14/h4-5,8H,2-3,7,9H2,1H3. The van der Waals surface area contributed by atoms with Gasteiger partial charge in [-0.15, -0.1) is 0 Å². The molecule has 1 aromatic carbocycles. The van der Waals surface area contributed by atoms with Gasteiger partial charge in [0.05, 0.1) is 6.07 Å². The minimum atomic E-state index is -0.289. The third-order valence-electron chi connectivity index (χ3n) is 2.40. The van der Waals surface area contributed by atoms with Crippen LogP contribution in [0.3, 0.4) is 0 Å². The summed E-state index contributed by atoms with van der Waals surface area (Å²) in [6.45, 7) is 3.96. The third kappa shape index (κ3) is 3.80. The van der Waals surface area contributed by atoms with E-state index in [0.29, 0.717) is 30.1 Å². The molecule has 0 aliphatic carbocycles. The van der Waals surface area contributed by atoms with E-state index in [0.717, 1.165) is 6.54 Å². The molecule has 0 aliphatic heterocycles. The van der Waals surface area contributed by atoms with E-state index in [9.17, 15) is 4.39 Å². The zero-order valence-electron chi connectivity index (χ0n) is 9.21. The molecule has 16 heavy (non-hydrogen) atoms. The molecule has 0 bridgehead atoms. The zero-order chi connectivity index (χ0) is 12.0. The smallest absolute Gasteiger partial charge is 0.129 e. The van der Waals surface area contributed by atoms with E-state index in [1.807, 2.05) is 11.8 Å². The Morgan fingerprint density at radius 2 is 2.25 bits per heavy atom. The molecule has 1 rings (SSSR count). The molecule has 0 aliphatic rings. The second-order valence-corrected chi connectivity index (χ2v) is 3.95. The molecule has 0 saturated heterocycles. The zero-order valence-corrected chi connectivity index (χ0v) is 9.97. The fraction of sp³-hybridized carbons (Fsp3) is 0.417. The van der Waals surface area contributed by atoms with Crippen molar-refractivity contribution in [3.63, 3.8) is 0 Å². The number of rotatable bonds is 5. The Kier molecular flexibility index (Phi) is 5.24. The Labute approximate surface area is 100 Å². The molecule has 0 unspecified atom stereocenters. The lowest BCUT2D eigenvalue weighted by Crippen LogP contribution is -2.24. The first-order valence-electron chi connectivity index (χ1n) is 5.20. The van der Waals surface area contributed by atoms with Gasteiger partial charge in [0.15, 0.2) is 0 Å². The largest absolute Gasteiger partial charge is 0.298 e. The highest BCUT2D eigenvalue weighted by Gasteiger charge is 2.07. The minimum Gasteiger partial charge on any atom is -0.298 e. The molecule has 0 radical (unpaired) electrons. The van der Waals surface area contributed by atoms with Gasteiger partial charge >= 0.3 is 0 Å². The van der Waals surface area contributed by atoms with Gasteiger partial charge in [0.25, 0.3) is 0 Å². The molecule has 0 atom stereocenters. The Balaban J connectivity index is 2.67. The maximum Gasteiger partial charge on any atom is 0.129 e. The highest BCUT2D eigenvalue weighted by Crippen LogP contribution is 2.16. The fourth-order valence-corrected chi connectivity index (χ4v) is 1.61. The summed E-state index contributed by atoms with van der Waals surface area (Å²) in [7, 11) is 0. The van der Waals surface area contributed by atoms with E-state index in [4.69, 9.17) is 16.9 Å². The van der Waals surface area contributed by atoms with Crippen LogP contribution in [-0.4, -0.2) is 18.0 Å². The fourth-order valence-electron chi connectivity index (χ4n) is 1.45. The van der Waals surface area contributed by atoms with Crippen molar-refractivity contribution in [3.05, 3.63) is 34.6 Å². The summed E-state index contributed by atoms with van der Waals surface area (Å²) in [6, 6.07) is 6.77.